The number of ether oxygens (including phenoxy) is 1. The molecular weight excluding hydrogens is 1870 g/mol. The van der Waals surface area contributed by atoms with E-state index in [9.17, 15) is 19.8 Å². The van der Waals surface area contributed by atoms with Crippen LogP contribution in [-0.2, 0) is 36.0 Å². The molecule has 0 atom stereocenters. The molecule has 4 aliphatic heterocycles. The van der Waals surface area contributed by atoms with Crippen molar-refractivity contribution in [3.05, 3.63) is 286 Å². The molecule has 4 heterocycles. The van der Waals surface area contributed by atoms with Crippen LogP contribution in [0, 0.1) is 40.5 Å². The number of hydrogen-bond donors (Lipinski definition) is 4. The number of rotatable bonds is 24. The lowest BCUT2D eigenvalue weighted by atomic mass is 9.78. The zero-order valence-corrected chi connectivity index (χ0v) is 78.0. The normalized spacial score (nSPS) is 17.1. The summed E-state index contributed by atoms with van der Waals surface area (Å²) < 4.78 is 14.6. The summed E-state index contributed by atoms with van der Waals surface area (Å²) in [6.07, 6.45) is 29.3. The Morgan fingerprint density at radius 2 is 1.02 bits per heavy atom. The largest absolute Gasteiger partial charge is 1.00 e. The van der Waals surface area contributed by atoms with Crippen molar-refractivity contribution in [2.24, 2.45) is 0 Å². The van der Waals surface area contributed by atoms with Gasteiger partial charge in [-0.3, -0.25) is 15.5 Å². The van der Waals surface area contributed by atoms with E-state index in [1.807, 2.05) is 40.8 Å². The highest BCUT2D eigenvalue weighted by Gasteiger charge is 2.48. The van der Waals surface area contributed by atoms with Crippen LogP contribution in [0.25, 0.3) is 43.1 Å². The molecule has 9 aromatic rings. The lowest BCUT2D eigenvalue weighted by Crippen LogP contribution is -3.00. The molecule has 11 nitrogen and oxygen atoms in total. The smallest absolute Gasteiger partial charge is 0.303 e. The Morgan fingerprint density at radius 1 is 0.533 bits per heavy atom. The van der Waals surface area contributed by atoms with E-state index in [1.54, 1.807) is 0 Å². The third-order valence-corrected chi connectivity index (χ3v) is 24.7. The molecule has 9 aromatic carbocycles. The van der Waals surface area contributed by atoms with E-state index in [2.05, 4.69) is 326 Å². The highest BCUT2D eigenvalue weighted by molar-refractivity contribution is 14.1. The lowest BCUT2D eigenvalue weighted by Gasteiger charge is -2.27. The quantitative estimate of drug-likeness (QED) is 0.0118. The Balaban J connectivity index is 0.000000195. The summed E-state index contributed by atoms with van der Waals surface area (Å²) in [5.74, 6) is 11.6. The molecule has 0 saturated heterocycles. The molecule has 0 saturated carbocycles. The van der Waals surface area contributed by atoms with Crippen molar-refractivity contribution >= 4 is 147 Å². The minimum Gasteiger partial charge on any atom is -1.00 e. The summed E-state index contributed by atoms with van der Waals surface area (Å²) in [6.45, 7) is 25.8. The number of para-hydroxylation sites is 1. The molecule has 0 amide bonds. The van der Waals surface area contributed by atoms with Gasteiger partial charge in [-0.25, -0.2) is 5.92 Å². The van der Waals surface area contributed by atoms with Crippen molar-refractivity contribution in [3.8, 4) is 33.5 Å². The minimum atomic E-state index is -0.732. The third kappa shape index (κ3) is 21.2. The van der Waals surface area contributed by atoms with Crippen LogP contribution in [-0.4, -0.2) is 105 Å². The number of aliphatic hydroxyl groups is 2. The van der Waals surface area contributed by atoms with Crippen molar-refractivity contribution in [1.82, 2.24) is 0 Å². The average molecular weight is 1980 g/mol. The van der Waals surface area contributed by atoms with Gasteiger partial charge in [-0.05, 0) is 235 Å². The second-order valence-electron chi connectivity index (χ2n) is 32.8. The van der Waals surface area contributed by atoms with Crippen LogP contribution in [0.15, 0.2) is 257 Å². The zero-order valence-electron chi connectivity index (χ0n) is 70.0. The van der Waals surface area contributed by atoms with E-state index in [1.165, 1.54) is 105 Å². The number of unbranched alkanes of at least 4 members (excludes halogenated alkanes) is 4. The van der Waals surface area contributed by atoms with Crippen molar-refractivity contribution < 1.29 is 91.3 Å². The molecule has 0 spiro atoms. The fourth-order valence-corrected chi connectivity index (χ4v) is 18.8. The molecule has 0 radical (unpaired) electrons. The first kappa shape index (κ1) is 93.3. The third-order valence-electron chi connectivity index (χ3n) is 23.5. The highest BCUT2D eigenvalue weighted by atomic mass is 127. The van der Waals surface area contributed by atoms with Gasteiger partial charge in [0.2, 0.25) is 17.1 Å². The lowest BCUT2D eigenvalue weighted by molar-refractivity contribution is -0.438. The predicted octanol–water partition coefficient (Wildman–Crippen LogP) is 17.7. The molecule has 6 aliphatic rings. The van der Waals surface area contributed by atoms with E-state index in [4.69, 9.17) is 33.0 Å². The van der Waals surface area contributed by atoms with E-state index in [0.29, 0.717) is 32.6 Å². The number of halogens is 5. The molecule has 15 rings (SSSR count). The Kier molecular flexibility index (Phi) is 33.5. The van der Waals surface area contributed by atoms with E-state index in [-0.39, 0.29) is 89.2 Å². The molecule has 0 aromatic heterocycles. The number of carbonyl (C=O) groups excluding carboxylic acids is 1. The minimum absolute atomic E-state index is 0. The fourth-order valence-electron chi connectivity index (χ4n) is 18.1. The van der Waals surface area contributed by atoms with Gasteiger partial charge in [-0.15, -0.1) is 5.92 Å². The summed E-state index contributed by atoms with van der Waals surface area (Å²) >= 11 is 16.2. The molecule has 0 unspecified atom stereocenters. The van der Waals surface area contributed by atoms with Gasteiger partial charge < -0.3 is 78.2 Å². The summed E-state index contributed by atoms with van der Waals surface area (Å²) in [7, 11) is 0. The number of anilines is 2. The number of fused-ring (bicyclic) bond motifs is 12. The van der Waals surface area contributed by atoms with Gasteiger partial charge >= 0.3 is 5.97 Å². The van der Waals surface area contributed by atoms with Gasteiger partial charge in [0.05, 0.1) is 29.5 Å². The molecule has 0 fully saturated rings. The second-order valence-corrected chi connectivity index (χ2v) is 34.1. The number of β-amino-alcohol motifs (C(OH)–C–C–N with tert-alkyl or cyclic N) is 2. The van der Waals surface area contributed by atoms with Gasteiger partial charge in [0.1, 0.15) is 19.7 Å². The molecule has 16 heteroatoms. The van der Waals surface area contributed by atoms with Crippen molar-refractivity contribution in [3.63, 3.8) is 0 Å². The monoisotopic (exact) mass is 1970 g/mol. The predicted molar refractivity (Wildman–Crippen MR) is 501 cm³/mol. The van der Waals surface area contributed by atoms with E-state index in [0.717, 1.165) is 122 Å². The summed E-state index contributed by atoms with van der Waals surface area (Å²) in [6, 6.07) is 62.3. The number of nitrogens with one attached hydrogen (secondary N) is 1. The Hall–Kier alpha value is -9.01. The number of hydrogen-bond acceptors (Lipinski definition) is 7. The molecule has 4 N–H and O–H groups in total. The van der Waals surface area contributed by atoms with Crippen LogP contribution in [0.5, 0.6) is 0 Å². The molecule has 0 bridgehead atoms. The maximum atomic E-state index is 11.1. The maximum absolute atomic E-state index is 11.1. The van der Waals surface area contributed by atoms with Crippen molar-refractivity contribution in [2.45, 2.75) is 161 Å². The van der Waals surface area contributed by atoms with Crippen LogP contribution >= 0.6 is 45.8 Å². The second kappa shape index (κ2) is 43.2. The Labute approximate surface area is 767 Å². The fraction of sp³-hybridized carbons (Fsp3) is 0.308. The number of carboxylic acid groups (broad SMARTS) is 1. The van der Waals surface area contributed by atoms with Crippen molar-refractivity contribution in [1.29, 1.82) is 0 Å². The van der Waals surface area contributed by atoms with Gasteiger partial charge in [-0.2, -0.15) is 20.7 Å². The average Bonchev–Trinajstić information content (AvgIpc) is 1.58. The first-order valence-corrected chi connectivity index (χ1v) is 43.1. The van der Waals surface area contributed by atoms with Gasteiger partial charge in [-0.1, -0.05) is 177 Å². The number of allylic oxidation sites excluding steroid dienone is 13. The Morgan fingerprint density at radius 3 is 1.53 bits per heavy atom. The molecule has 120 heavy (non-hydrogen) atoms. The van der Waals surface area contributed by atoms with Crippen LogP contribution in [0.2, 0.25) is 0 Å². The summed E-state index contributed by atoms with van der Waals surface area (Å²) in [5.41, 5.74) is 19.0. The SMILES string of the molecule is CC1(C)C(/C=C/C2=C(Cl)C(=C/Nc3ccccc3)/CCC2)=[N+](CCCCCOC=O)c2ccc3ccccc3c21.CC1(C)C(=CC=C2CCCC(C=CC3=[N+](CCCCCC(=O)O)c4ccc5ccccc5c4C3(C)C)=C2Cl)N(CCO)c2ccc3ccccc3c21.CC1(C)C=[N+](CCO)c2ccc3ccccc3c21.[CH2-]C#CC#CC#CI.[I-].[I-]. The standard InChI is InChI=1S/C46H49ClN2O3.C35H37ClN2O2.C16H18NO.C7H2I.2HI/c1-45(2)39(48(28-11-5-6-19-41(51)52)37-24-20-31-13-7-9-17-35(31)42(37)45)26-22-33-15-12-16-34(44(33)47)23-27-40-46(3,4)43-36-18-10-8-14-32(36)21-25-38(43)49(40)29-30-50;1-35(2)32(21-19-27-13-11-14-28(34(27)36)24-37-29-15-5-3-6-16-29)38(22-9-4-10-23-40-25-39)31-20-18-26-12-7-8-17-30(26)33(31)35;1-16(2)11-17(9-10-18)14-8-7-12-5-3-4-6-13(12)15(14)16;1-2-3-4-5-6-7-8;;/h7-10,13-14,17-18,20-27,50H,5-6,11-12,15-16,19,28-30H2,1-4H3;3,5-8,12,15-21,24-25H,4,9-11,13-14,22-23H2,1-2H3;3-8,11,18H,9-10H2,1-2H3;1H2;2*1H/q;;+1;-1;;. The highest BCUT2D eigenvalue weighted by Crippen LogP contribution is 2.52. The van der Waals surface area contributed by atoms with E-state index < -0.39 is 5.97 Å². The maximum Gasteiger partial charge on any atom is 0.303 e. The van der Waals surface area contributed by atoms with E-state index >= 15 is 0 Å². The number of benzene rings is 9. The topological polar surface area (TPSA) is 128 Å². The van der Waals surface area contributed by atoms with Crippen LogP contribution in [0.1, 0.15) is 161 Å². The van der Waals surface area contributed by atoms with Gasteiger partial charge in [0, 0.05) is 134 Å². The first-order valence-electron chi connectivity index (χ1n) is 41.3. The van der Waals surface area contributed by atoms with Crippen LogP contribution < -0.4 is 58.2 Å². The first-order chi connectivity index (χ1) is 57.1. The number of carboxylic acids is 1. The number of aliphatic hydroxyl groups excluding tert-OH is 2. The number of carbonyl (C=O) groups is 2. The molecule has 620 valence electrons. The van der Waals surface area contributed by atoms with Crippen molar-refractivity contribution in [2.75, 3.05) is 56.2 Å². The van der Waals surface area contributed by atoms with Gasteiger partial charge in [0.25, 0.3) is 6.47 Å². The summed E-state index contributed by atoms with van der Waals surface area (Å²) in [4.78, 5) is 23.9. The zero-order chi connectivity index (χ0) is 83.6. The number of aliphatic carboxylic acids is 1. The van der Waals surface area contributed by atoms with Gasteiger partial charge in [0.15, 0.2) is 24.2 Å². The Bertz CT molecular complexity index is 5820. The summed E-state index contributed by atoms with van der Waals surface area (Å²) in [5, 5.41) is 43.7. The molecule has 2 aliphatic carbocycles. The number of nitrogens with zero attached hydrogens (tertiary/aromatic N) is 4. The van der Waals surface area contributed by atoms with Crippen LogP contribution in [0.3, 0.4) is 0 Å². The van der Waals surface area contributed by atoms with Crippen LogP contribution in [0.4, 0.5) is 28.4 Å². The molecular formula is C104H108Cl2I3N5O6.